The van der Waals surface area contributed by atoms with E-state index < -0.39 is 5.54 Å². The van der Waals surface area contributed by atoms with Gasteiger partial charge in [-0.1, -0.05) is 13.0 Å². The van der Waals surface area contributed by atoms with Gasteiger partial charge in [-0.15, -0.1) is 0 Å². The zero-order chi connectivity index (χ0) is 14.0. The average Bonchev–Trinajstić information content (AvgIpc) is 2.63. The topological polar surface area (TPSA) is 74.3 Å². The van der Waals surface area contributed by atoms with E-state index in [9.17, 15) is 9.59 Å². The quantitative estimate of drug-likeness (QED) is 0.803. The molecule has 1 unspecified atom stereocenters. The lowest BCUT2D eigenvalue weighted by atomic mass is 9.99. The van der Waals surface area contributed by atoms with Crippen molar-refractivity contribution in [3.63, 3.8) is 0 Å². The summed E-state index contributed by atoms with van der Waals surface area (Å²) in [4.78, 5) is 29.6. The number of amides is 3. The van der Waals surface area contributed by atoms with E-state index >= 15 is 0 Å². The van der Waals surface area contributed by atoms with Crippen molar-refractivity contribution in [2.45, 2.75) is 32.4 Å². The summed E-state index contributed by atoms with van der Waals surface area (Å²) >= 11 is 0. The minimum absolute atomic E-state index is 0.190. The molecule has 1 fully saturated rings. The van der Waals surface area contributed by atoms with E-state index in [2.05, 4.69) is 15.6 Å². The number of pyridine rings is 1. The van der Waals surface area contributed by atoms with E-state index in [-0.39, 0.29) is 18.5 Å². The van der Waals surface area contributed by atoms with Crippen LogP contribution in [0.2, 0.25) is 0 Å². The second kappa shape index (κ2) is 4.87. The van der Waals surface area contributed by atoms with Crippen LogP contribution in [-0.4, -0.2) is 34.4 Å². The molecule has 102 valence electrons. The molecule has 0 radical (unpaired) electrons. The fraction of sp³-hybridized carbons (Fsp3) is 0.462. The van der Waals surface area contributed by atoms with Crippen LogP contribution >= 0.6 is 0 Å². The highest BCUT2D eigenvalue weighted by molar-refractivity contribution is 6.06. The Morgan fingerprint density at radius 1 is 1.42 bits per heavy atom. The van der Waals surface area contributed by atoms with E-state index in [1.54, 1.807) is 20.0 Å². The third-order valence-corrected chi connectivity index (χ3v) is 3.44. The van der Waals surface area contributed by atoms with Gasteiger partial charge in [0.2, 0.25) is 0 Å². The zero-order valence-corrected chi connectivity index (χ0v) is 11.4. The molecule has 0 bridgehead atoms. The largest absolute Gasteiger partial charge is 0.373 e. The molecule has 1 aromatic heterocycles. The molecule has 2 rings (SSSR count). The number of nitrogens with zero attached hydrogens (tertiary/aromatic N) is 2. The van der Waals surface area contributed by atoms with Gasteiger partial charge in [0.1, 0.15) is 11.4 Å². The van der Waals surface area contributed by atoms with Gasteiger partial charge in [0.15, 0.2) is 0 Å². The van der Waals surface area contributed by atoms with Crippen LogP contribution in [0, 0.1) is 0 Å². The van der Waals surface area contributed by atoms with Gasteiger partial charge in [-0.2, -0.15) is 0 Å². The van der Waals surface area contributed by atoms with E-state index in [4.69, 9.17) is 0 Å². The maximum atomic E-state index is 12.2. The predicted octanol–water partition coefficient (Wildman–Crippen LogP) is 1.34. The minimum atomic E-state index is -0.794. The van der Waals surface area contributed by atoms with Crippen LogP contribution < -0.4 is 10.6 Å². The Balaban J connectivity index is 2.19. The minimum Gasteiger partial charge on any atom is -0.373 e. The molecule has 6 heteroatoms. The first-order valence-corrected chi connectivity index (χ1v) is 6.28. The number of aromatic nitrogens is 1. The Morgan fingerprint density at radius 3 is 2.74 bits per heavy atom. The summed E-state index contributed by atoms with van der Waals surface area (Å²) in [5, 5.41) is 5.65. The molecule has 0 aromatic carbocycles. The van der Waals surface area contributed by atoms with Gasteiger partial charge in [0.05, 0.1) is 12.2 Å². The third kappa shape index (κ3) is 2.38. The van der Waals surface area contributed by atoms with E-state index in [0.717, 1.165) is 0 Å². The molecule has 3 amide bonds. The summed E-state index contributed by atoms with van der Waals surface area (Å²) in [7, 11) is 1.77. The first kappa shape index (κ1) is 13.3. The van der Waals surface area contributed by atoms with Crippen molar-refractivity contribution in [2.24, 2.45) is 0 Å². The number of anilines is 1. The first-order valence-electron chi connectivity index (χ1n) is 6.28. The van der Waals surface area contributed by atoms with Crippen LogP contribution in [-0.2, 0) is 11.3 Å². The van der Waals surface area contributed by atoms with Crippen LogP contribution in [0.25, 0.3) is 0 Å². The predicted molar refractivity (Wildman–Crippen MR) is 71.6 cm³/mol. The van der Waals surface area contributed by atoms with Gasteiger partial charge < -0.3 is 10.6 Å². The molecule has 19 heavy (non-hydrogen) atoms. The average molecular weight is 262 g/mol. The molecule has 6 nitrogen and oxygen atoms in total. The number of rotatable bonds is 4. The number of imide groups is 1. The van der Waals surface area contributed by atoms with Crippen molar-refractivity contribution >= 4 is 17.8 Å². The van der Waals surface area contributed by atoms with Crippen molar-refractivity contribution in [3.05, 3.63) is 23.9 Å². The molecular formula is C13H18N4O2. The standard InChI is InChI=1S/C13H18N4O2/c1-4-13(2)11(18)17(12(19)16-13)8-9-6-5-7-10(14-3)15-9/h5-7H,4,8H2,1-3H3,(H,14,15)(H,16,19). The maximum Gasteiger partial charge on any atom is 0.325 e. The number of carbonyl (C=O) groups excluding carboxylic acids is 2. The number of nitrogens with one attached hydrogen (secondary N) is 2. The van der Waals surface area contributed by atoms with Gasteiger partial charge in [-0.3, -0.25) is 9.69 Å². The number of hydrogen-bond acceptors (Lipinski definition) is 4. The normalized spacial score (nSPS) is 22.6. The molecule has 0 aliphatic carbocycles. The van der Waals surface area contributed by atoms with Crippen molar-refractivity contribution in [1.29, 1.82) is 0 Å². The first-order chi connectivity index (χ1) is 9.00. The molecule has 1 saturated heterocycles. The smallest absolute Gasteiger partial charge is 0.325 e. The lowest BCUT2D eigenvalue weighted by Gasteiger charge is -2.19. The molecule has 2 heterocycles. The van der Waals surface area contributed by atoms with E-state index in [0.29, 0.717) is 17.9 Å². The SMILES string of the molecule is CCC1(C)NC(=O)N(Cc2cccc(NC)n2)C1=O. The lowest BCUT2D eigenvalue weighted by Crippen LogP contribution is -2.43. The summed E-state index contributed by atoms with van der Waals surface area (Å²) in [5.41, 5.74) is -0.117. The molecule has 0 saturated carbocycles. The molecule has 0 spiro atoms. The maximum absolute atomic E-state index is 12.2. The van der Waals surface area contributed by atoms with Gasteiger partial charge in [-0.05, 0) is 25.5 Å². The fourth-order valence-electron chi connectivity index (χ4n) is 2.00. The number of hydrogen-bond donors (Lipinski definition) is 2. The molecule has 1 aliphatic heterocycles. The van der Waals surface area contributed by atoms with Gasteiger partial charge in [0, 0.05) is 7.05 Å². The van der Waals surface area contributed by atoms with Crippen molar-refractivity contribution in [1.82, 2.24) is 15.2 Å². The monoisotopic (exact) mass is 262 g/mol. The van der Waals surface area contributed by atoms with Crippen LogP contribution in [0.1, 0.15) is 26.0 Å². The third-order valence-electron chi connectivity index (χ3n) is 3.44. The Kier molecular flexibility index (Phi) is 3.42. The highest BCUT2D eigenvalue weighted by Crippen LogP contribution is 2.22. The highest BCUT2D eigenvalue weighted by atomic mass is 16.2. The summed E-state index contributed by atoms with van der Waals surface area (Å²) in [6.07, 6.45) is 0.568. The molecule has 1 aromatic rings. The molecular weight excluding hydrogens is 244 g/mol. The molecule has 2 N–H and O–H groups in total. The summed E-state index contributed by atoms with van der Waals surface area (Å²) in [6.45, 7) is 3.81. The van der Waals surface area contributed by atoms with Crippen LogP contribution in [0.4, 0.5) is 10.6 Å². The second-order valence-electron chi connectivity index (χ2n) is 4.77. The fourth-order valence-corrected chi connectivity index (χ4v) is 2.00. The highest BCUT2D eigenvalue weighted by Gasteiger charge is 2.46. The summed E-state index contributed by atoms with van der Waals surface area (Å²) in [5.74, 6) is 0.513. The summed E-state index contributed by atoms with van der Waals surface area (Å²) in [6, 6.07) is 5.10. The van der Waals surface area contributed by atoms with Gasteiger partial charge in [0.25, 0.3) is 5.91 Å². The number of carbonyl (C=O) groups is 2. The van der Waals surface area contributed by atoms with Crippen molar-refractivity contribution in [3.8, 4) is 0 Å². The van der Waals surface area contributed by atoms with Gasteiger partial charge >= 0.3 is 6.03 Å². The Bertz CT molecular complexity index is 517. The Labute approximate surface area is 112 Å². The van der Waals surface area contributed by atoms with Crippen LogP contribution in [0.5, 0.6) is 0 Å². The van der Waals surface area contributed by atoms with Crippen molar-refractivity contribution < 1.29 is 9.59 Å². The zero-order valence-electron chi connectivity index (χ0n) is 11.4. The Morgan fingerprint density at radius 2 is 2.16 bits per heavy atom. The molecule has 1 aliphatic rings. The van der Waals surface area contributed by atoms with E-state index in [1.807, 2.05) is 19.1 Å². The van der Waals surface area contributed by atoms with Crippen molar-refractivity contribution in [2.75, 3.05) is 12.4 Å². The van der Waals surface area contributed by atoms with Gasteiger partial charge in [-0.25, -0.2) is 9.78 Å². The van der Waals surface area contributed by atoms with E-state index in [1.165, 1.54) is 4.90 Å². The summed E-state index contributed by atoms with van der Waals surface area (Å²) < 4.78 is 0. The van der Waals surface area contributed by atoms with Crippen LogP contribution in [0.15, 0.2) is 18.2 Å². The second-order valence-corrected chi connectivity index (χ2v) is 4.77. The van der Waals surface area contributed by atoms with Crippen LogP contribution in [0.3, 0.4) is 0 Å². The Hall–Kier alpha value is -2.11. The lowest BCUT2D eigenvalue weighted by molar-refractivity contribution is -0.131. The number of urea groups is 1. The molecule has 1 atom stereocenters.